The lowest BCUT2D eigenvalue weighted by molar-refractivity contribution is 0.154. The van der Waals surface area contributed by atoms with Crippen LogP contribution in [0.1, 0.15) is 95.4 Å². The molecule has 0 N–H and O–H groups in total. The molecule has 0 heterocycles. The summed E-state index contributed by atoms with van der Waals surface area (Å²) >= 11 is 0. The van der Waals surface area contributed by atoms with Crippen LogP contribution >= 0.6 is 0 Å². The van der Waals surface area contributed by atoms with Crippen molar-refractivity contribution >= 4 is 10.5 Å². The Kier molecular flexibility index (Phi) is 7.68. The van der Waals surface area contributed by atoms with Crippen LogP contribution in [0.5, 0.6) is 0 Å². The normalized spacial score (nSPS) is 17.4. The van der Waals surface area contributed by atoms with Gasteiger partial charge >= 0.3 is 0 Å². The van der Waals surface area contributed by atoms with E-state index in [1.165, 1.54) is 30.4 Å². The van der Waals surface area contributed by atoms with Gasteiger partial charge in [-0.25, -0.2) is 0 Å². The molecule has 0 aliphatic rings. The van der Waals surface area contributed by atoms with Crippen molar-refractivity contribution in [1.82, 2.24) is 0 Å². The van der Waals surface area contributed by atoms with Gasteiger partial charge < -0.3 is 4.43 Å². The Morgan fingerprint density at radius 2 is 1.48 bits per heavy atom. The van der Waals surface area contributed by atoms with Crippen molar-refractivity contribution in [2.24, 2.45) is 5.92 Å². The average Bonchev–Trinajstić information content (AvgIpc) is 2.53. The fourth-order valence-corrected chi connectivity index (χ4v) is 3.87. The van der Waals surface area contributed by atoms with Gasteiger partial charge in [-0.2, -0.15) is 0 Å². The molecule has 0 spiro atoms. The van der Waals surface area contributed by atoms with E-state index in [9.17, 15) is 0 Å². The summed E-state index contributed by atoms with van der Waals surface area (Å²) in [5, 5.41) is 0. The standard InChI is InChI=1S/C19H34OSi/c1-7-13(4)16-11-10-12-17(18(16)14(5)8-2)19(20-21)15(6)9-3/h10-15,19H,7-9H2,1-6,21H3. The van der Waals surface area contributed by atoms with E-state index in [4.69, 9.17) is 4.43 Å². The first-order chi connectivity index (χ1) is 10.0. The van der Waals surface area contributed by atoms with Crippen molar-refractivity contribution in [3.05, 3.63) is 34.9 Å². The smallest absolute Gasteiger partial charge is 0.146 e. The predicted octanol–water partition coefficient (Wildman–Crippen LogP) is 5.10. The first-order valence-electron chi connectivity index (χ1n) is 8.67. The Morgan fingerprint density at radius 3 is 1.95 bits per heavy atom. The van der Waals surface area contributed by atoms with Crippen molar-refractivity contribution in [1.29, 1.82) is 0 Å². The number of benzene rings is 1. The quantitative estimate of drug-likeness (QED) is 0.607. The van der Waals surface area contributed by atoms with E-state index in [0.29, 0.717) is 17.8 Å². The monoisotopic (exact) mass is 306 g/mol. The van der Waals surface area contributed by atoms with E-state index in [1.54, 1.807) is 5.56 Å². The van der Waals surface area contributed by atoms with Crippen LogP contribution in [0.25, 0.3) is 0 Å². The summed E-state index contributed by atoms with van der Waals surface area (Å²) in [4.78, 5) is 0. The van der Waals surface area contributed by atoms with E-state index in [-0.39, 0.29) is 6.10 Å². The molecule has 0 aliphatic heterocycles. The molecule has 1 rings (SSSR count). The summed E-state index contributed by atoms with van der Waals surface area (Å²) in [5.74, 6) is 1.81. The molecule has 0 bridgehead atoms. The largest absolute Gasteiger partial charge is 0.421 e. The van der Waals surface area contributed by atoms with E-state index >= 15 is 0 Å². The Labute approximate surface area is 135 Å². The minimum Gasteiger partial charge on any atom is -0.421 e. The molecule has 120 valence electrons. The molecule has 2 heteroatoms. The van der Waals surface area contributed by atoms with Gasteiger partial charge in [0.1, 0.15) is 10.5 Å². The lowest BCUT2D eigenvalue weighted by atomic mass is 9.80. The maximum atomic E-state index is 6.03. The van der Waals surface area contributed by atoms with E-state index in [0.717, 1.165) is 10.5 Å². The van der Waals surface area contributed by atoms with Crippen LogP contribution in [-0.2, 0) is 4.43 Å². The van der Waals surface area contributed by atoms with Gasteiger partial charge in [-0.3, -0.25) is 0 Å². The van der Waals surface area contributed by atoms with Crippen molar-refractivity contribution in [3.63, 3.8) is 0 Å². The van der Waals surface area contributed by atoms with Crippen molar-refractivity contribution in [2.75, 3.05) is 0 Å². The SMILES string of the molecule is CCC(C)c1cccc(C(O[SiH3])C(C)CC)c1C(C)CC. The lowest BCUT2D eigenvalue weighted by Gasteiger charge is -2.30. The summed E-state index contributed by atoms with van der Waals surface area (Å²) in [6.45, 7) is 13.9. The van der Waals surface area contributed by atoms with Gasteiger partial charge in [0.05, 0.1) is 6.10 Å². The highest BCUT2D eigenvalue weighted by Crippen LogP contribution is 2.39. The van der Waals surface area contributed by atoms with E-state index in [2.05, 4.69) is 59.7 Å². The maximum Gasteiger partial charge on any atom is 0.146 e. The second kappa shape index (κ2) is 8.75. The first-order valence-corrected chi connectivity index (χ1v) is 9.48. The second-order valence-corrected chi connectivity index (χ2v) is 6.98. The van der Waals surface area contributed by atoms with Crippen molar-refractivity contribution in [2.45, 2.75) is 78.7 Å². The molecule has 0 saturated heterocycles. The maximum absolute atomic E-state index is 6.03. The summed E-state index contributed by atoms with van der Waals surface area (Å²) in [5.41, 5.74) is 4.55. The van der Waals surface area contributed by atoms with Crippen molar-refractivity contribution < 1.29 is 4.43 Å². The molecule has 0 aliphatic carbocycles. The summed E-state index contributed by atoms with van der Waals surface area (Å²) in [6.07, 6.45) is 3.83. The van der Waals surface area contributed by atoms with Gasteiger partial charge in [0.15, 0.2) is 0 Å². The molecule has 1 nitrogen and oxygen atoms in total. The Balaban J connectivity index is 3.42. The number of rotatable bonds is 8. The van der Waals surface area contributed by atoms with Crippen LogP contribution < -0.4 is 0 Å². The second-order valence-electron chi connectivity index (χ2n) is 6.51. The third kappa shape index (κ3) is 4.20. The highest BCUT2D eigenvalue weighted by atomic mass is 28.2. The lowest BCUT2D eigenvalue weighted by Crippen LogP contribution is -2.17. The molecular formula is C19H34OSi. The third-order valence-electron chi connectivity index (χ3n) is 5.14. The first kappa shape index (κ1) is 18.4. The number of hydrogen-bond acceptors (Lipinski definition) is 1. The molecule has 1 aromatic carbocycles. The molecule has 0 saturated carbocycles. The molecule has 21 heavy (non-hydrogen) atoms. The average molecular weight is 307 g/mol. The van der Waals surface area contributed by atoms with Crippen LogP contribution in [-0.4, -0.2) is 10.5 Å². The van der Waals surface area contributed by atoms with Gasteiger partial charge in [-0.1, -0.05) is 66.2 Å². The zero-order chi connectivity index (χ0) is 16.0. The van der Waals surface area contributed by atoms with E-state index in [1.807, 2.05) is 0 Å². The Bertz CT molecular complexity index is 430. The molecule has 0 fully saturated rings. The zero-order valence-electron chi connectivity index (χ0n) is 15.1. The fourth-order valence-electron chi connectivity index (χ4n) is 3.15. The van der Waals surface area contributed by atoms with E-state index < -0.39 is 0 Å². The fraction of sp³-hybridized carbons (Fsp3) is 0.684. The zero-order valence-corrected chi connectivity index (χ0v) is 17.1. The van der Waals surface area contributed by atoms with Gasteiger partial charge in [0.25, 0.3) is 0 Å². The molecule has 4 unspecified atom stereocenters. The minimum absolute atomic E-state index is 0.273. The van der Waals surface area contributed by atoms with Crippen molar-refractivity contribution in [3.8, 4) is 0 Å². The van der Waals surface area contributed by atoms with Crippen LogP contribution in [0.15, 0.2) is 18.2 Å². The van der Waals surface area contributed by atoms with Crippen LogP contribution in [0.2, 0.25) is 0 Å². The third-order valence-corrected chi connectivity index (χ3v) is 5.65. The van der Waals surface area contributed by atoms with Crippen LogP contribution in [0, 0.1) is 5.92 Å². The predicted molar refractivity (Wildman–Crippen MR) is 97.1 cm³/mol. The Hall–Kier alpha value is -0.603. The van der Waals surface area contributed by atoms with Gasteiger partial charge in [0, 0.05) is 0 Å². The number of hydrogen-bond donors (Lipinski definition) is 0. The molecule has 1 aromatic rings. The minimum atomic E-state index is 0.273. The molecule has 4 atom stereocenters. The summed E-state index contributed by atoms with van der Waals surface area (Å²) in [7, 11) is 0.800. The molecule has 0 radical (unpaired) electrons. The summed E-state index contributed by atoms with van der Waals surface area (Å²) in [6, 6.07) is 6.88. The summed E-state index contributed by atoms with van der Waals surface area (Å²) < 4.78 is 6.03. The van der Waals surface area contributed by atoms with Gasteiger partial charge in [0.2, 0.25) is 0 Å². The van der Waals surface area contributed by atoms with Crippen LogP contribution in [0.3, 0.4) is 0 Å². The highest BCUT2D eigenvalue weighted by molar-refractivity contribution is 5.98. The highest BCUT2D eigenvalue weighted by Gasteiger charge is 2.24. The van der Waals surface area contributed by atoms with Gasteiger partial charge in [-0.15, -0.1) is 0 Å². The van der Waals surface area contributed by atoms with Gasteiger partial charge in [-0.05, 0) is 47.3 Å². The molecule has 0 aromatic heterocycles. The molecular weight excluding hydrogens is 272 g/mol. The van der Waals surface area contributed by atoms with Crippen LogP contribution in [0.4, 0.5) is 0 Å². The Morgan fingerprint density at radius 1 is 0.905 bits per heavy atom. The topological polar surface area (TPSA) is 9.23 Å². The molecule has 0 amide bonds.